The minimum absolute atomic E-state index is 0.882. The second kappa shape index (κ2) is 5.83. The Morgan fingerprint density at radius 1 is 0.882 bits per heavy atom. The van der Waals surface area contributed by atoms with E-state index in [0.717, 1.165) is 13.8 Å². The Labute approximate surface area is 94.9 Å². The lowest BCUT2D eigenvalue weighted by Crippen LogP contribution is -2.37. The fourth-order valence-electron chi connectivity index (χ4n) is 0.895. The lowest BCUT2D eigenvalue weighted by molar-refractivity contribution is -0.179. The van der Waals surface area contributed by atoms with Crippen LogP contribution in [0.4, 0.5) is 17.6 Å². The monoisotopic (exact) mass is 260 g/mol. The van der Waals surface area contributed by atoms with Crippen LogP contribution in [0.15, 0.2) is 0 Å². The standard InChI is InChI=1S/C9H12F4O4/c1-6(14)16-4-8(10,11)3-9(12,13)5-17-7(2)15/h3-5H2,1-2H3. The minimum atomic E-state index is -3.88. The van der Waals surface area contributed by atoms with Crippen molar-refractivity contribution in [2.45, 2.75) is 32.1 Å². The van der Waals surface area contributed by atoms with Gasteiger partial charge in [0.25, 0.3) is 11.8 Å². The number of alkyl halides is 4. The Morgan fingerprint density at radius 3 is 1.41 bits per heavy atom. The van der Waals surface area contributed by atoms with Gasteiger partial charge in [-0.1, -0.05) is 0 Å². The largest absolute Gasteiger partial charge is 0.459 e. The van der Waals surface area contributed by atoms with E-state index in [2.05, 4.69) is 9.47 Å². The lowest BCUT2D eigenvalue weighted by atomic mass is 10.1. The number of rotatable bonds is 6. The maximum absolute atomic E-state index is 12.9. The zero-order chi connectivity index (χ0) is 13.7. The summed E-state index contributed by atoms with van der Waals surface area (Å²) in [5.41, 5.74) is 0. The molecular formula is C9H12F4O4. The van der Waals surface area contributed by atoms with E-state index in [1.165, 1.54) is 0 Å². The molecule has 0 N–H and O–H groups in total. The van der Waals surface area contributed by atoms with Crippen molar-refractivity contribution in [2.75, 3.05) is 13.2 Å². The van der Waals surface area contributed by atoms with Crippen molar-refractivity contribution in [3.05, 3.63) is 0 Å². The second-order valence-electron chi connectivity index (χ2n) is 3.45. The first-order valence-corrected chi connectivity index (χ1v) is 4.56. The van der Waals surface area contributed by atoms with Crippen molar-refractivity contribution in [1.82, 2.24) is 0 Å². The van der Waals surface area contributed by atoms with Gasteiger partial charge in [-0.25, -0.2) is 17.6 Å². The smallest absolute Gasteiger partial charge is 0.302 e. The van der Waals surface area contributed by atoms with E-state index in [1.807, 2.05) is 0 Å². The van der Waals surface area contributed by atoms with Crippen molar-refractivity contribution in [2.24, 2.45) is 0 Å². The van der Waals surface area contributed by atoms with Gasteiger partial charge >= 0.3 is 11.9 Å². The molecule has 0 rings (SSSR count). The third-order valence-electron chi connectivity index (χ3n) is 1.49. The fourth-order valence-corrected chi connectivity index (χ4v) is 0.895. The maximum Gasteiger partial charge on any atom is 0.302 e. The predicted molar refractivity (Wildman–Crippen MR) is 47.8 cm³/mol. The van der Waals surface area contributed by atoms with Crippen molar-refractivity contribution in [1.29, 1.82) is 0 Å². The Kier molecular flexibility index (Phi) is 5.37. The summed E-state index contributed by atoms with van der Waals surface area (Å²) in [4.78, 5) is 20.5. The molecule has 0 heterocycles. The van der Waals surface area contributed by atoms with Crippen LogP contribution in [0.25, 0.3) is 0 Å². The van der Waals surface area contributed by atoms with Gasteiger partial charge < -0.3 is 9.47 Å². The van der Waals surface area contributed by atoms with Gasteiger partial charge in [-0.15, -0.1) is 0 Å². The SMILES string of the molecule is CC(=O)OCC(F)(F)CC(F)(F)COC(C)=O. The molecule has 0 radical (unpaired) electrons. The molecule has 100 valence electrons. The quantitative estimate of drug-likeness (QED) is 0.539. The topological polar surface area (TPSA) is 52.6 Å². The molecule has 0 saturated heterocycles. The van der Waals surface area contributed by atoms with Crippen LogP contribution in [0.5, 0.6) is 0 Å². The molecular weight excluding hydrogens is 248 g/mol. The molecule has 8 heteroatoms. The molecule has 0 aliphatic carbocycles. The molecule has 0 aromatic heterocycles. The average Bonchev–Trinajstić information content (AvgIpc) is 2.10. The maximum atomic E-state index is 12.9. The van der Waals surface area contributed by atoms with Gasteiger partial charge in [0.1, 0.15) is 0 Å². The second-order valence-corrected chi connectivity index (χ2v) is 3.45. The summed E-state index contributed by atoms with van der Waals surface area (Å²) < 4.78 is 59.5. The molecule has 0 aromatic rings. The van der Waals surface area contributed by atoms with Gasteiger partial charge in [-0.05, 0) is 0 Å². The van der Waals surface area contributed by atoms with Gasteiger partial charge in [0.05, 0.1) is 6.42 Å². The minimum Gasteiger partial charge on any atom is -0.459 e. The summed E-state index contributed by atoms with van der Waals surface area (Å²) in [5.74, 6) is -9.74. The van der Waals surface area contributed by atoms with E-state index < -0.39 is 43.4 Å². The Bertz CT molecular complexity index is 263. The third-order valence-corrected chi connectivity index (χ3v) is 1.49. The van der Waals surface area contributed by atoms with E-state index in [1.54, 1.807) is 0 Å². The van der Waals surface area contributed by atoms with Crippen LogP contribution >= 0.6 is 0 Å². The lowest BCUT2D eigenvalue weighted by Gasteiger charge is -2.22. The Balaban J connectivity index is 4.26. The molecule has 0 bridgehead atoms. The first-order chi connectivity index (χ1) is 7.54. The summed E-state index contributed by atoms with van der Waals surface area (Å²) in [7, 11) is 0. The summed E-state index contributed by atoms with van der Waals surface area (Å²) in [6, 6.07) is 0. The highest BCUT2D eigenvalue weighted by Crippen LogP contribution is 2.31. The molecule has 0 atom stereocenters. The van der Waals surface area contributed by atoms with Crippen molar-refractivity contribution in [3.8, 4) is 0 Å². The number of halogens is 4. The fraction of sp³-hybridized carbons (Fsp3) is 0.778. The number of carbonyl (C=O) groups excluding carboxylic acids is 2. The van der Waals surface area contributed by atoms with E-state index in [-0.39, 0.29) is 0 Å². The first-order valence-electron chi connectivity index (χ1n) is 4.56. The normalized spacial score (nSPS) is 12.1. The molecule has 0 amide bonds. The van der Waals surface area contributed by atoms with E-state index >= 15 is 0 Å². The van der Waals surface area contributed by atoms with E-state index in [0.29, 0.717) is 0 Å². The third kappa shape index (κ3) is 8.47. The van der Waals surface area contributed by atoms with Crippen LogP contribution in [-0.4, -0.2) is 37.0 Å². The molecule has 4 nitrogen and oxygen atoms in total. The zero-order valence-corrected chi connectivity index (χ0v) is 9.27. The number of hydrogen-bond donors (Lipinski definition) is 0. The van der Waals surface area contributed by atoms with Gasteiger partial charge in [0.2, 0.25) is 0 Å². The summed E-state index contributed by atoms with van der Waals surface area (Å²) in [6.45, 7) is -1.10. The zero-order valence-electron chi connectivity index (χ0n) is 9.27. The highest BCUT2D eigenvalue weighted by Gasteiger charge is 2.44. The Morgan fingerprint density at radius 2 is 1.18 bits per heavy atom. The molecule has 0 unspecified atom stereocenters. The van der Waals surface area contributed by atoms with Crippen LogP contribution in [0, 0.1) is 0 Å². The molecule has 0 aromatic carbocycles. The number of esters is 2. The van der Waals surface area contributed by atoms with Crippen LogP contribution < -0.4 is 0 Å². The van der Waals surface area contributed by atoms with Crippen LogP contribution in [0.1, 0.15) is 20.3 Å². The van der Waals surface area contributed by atoms with Crippen molar-refractivity contribution < 1.29 is 36.6 Å². The molecule has 0 aliphatic heterocycles. The molecule has 0 aliphatic rings. The van der Waals surface area contributed by atoms with Gasteiger partial charge in [-0.3, -0.25) is 9.59 Å². The van der Waals surface area contributed by atoms with Gasteiger partial charge in [0.15, 0.2) is 13.2 Å². The summed E-state index contributed by atoms with van der Waals surface area (Å²) in [5, 5.41) is 0. The van der Waals surface area contributed by atoms with E-state index in [9.17, 15) is 27.2 Å². The molecule has 17 heavy (non-hydrogen) atoms. The van der Waals surface area contributed by atoms with Gasteiger partial charge in [-0.2, -0.15) is 0 Å². The molecule has 0 fully saturated rings. The van der Waals surface area contributed by atoms with Crippen molar-refractivity contribution in [3.63, 3.8) is 0 Å². The average molecular weight is 260 g/mol. The highest BCUT2D eigenvalue weighted by molar-refractivity contribution is 5.66. The molecule has 0 spiro atoms. The summed E-state index contributed by atoms with van der Waals surface area (Å²) in [6.07, 6.45) is -1.86. The van der Waals surface area contributed by atoms with Gasteiger partial charge in [0, 0.05) is 13.8 Å². The van der Waals surface area contributed by atoms with Crippen LogP contribution in [-0.2, 0) is 19.1 Å². The first kappa shape index (κ1) is 15.7. The van der Waals surface area contributed by atoms with E-state index in [4.69, 9.17) is 0 Å². The Hall–Kier alpha value is -1.34. The molecule has 0 saturated carbocycles. The number of carbonyl (C=O) groups is 2. The number of ether oxygens (including phenoxy) is 2. The summed E-state index contributed by atoms with van der Waals surface area (Å²) >= 11 is 0. The van der Waals surface area contributed by atoms with Crippen molar-refractivity contribution >= 4 is 11.9 Å². The number of hydrogen-bond acceptors (Lipinski definition) is 4. The predicted octanol–water partition coefficient (Wildman–Crippen LogP) is 1.77. The van der Waals surface area contributed by atoms with Crippen LogP contribution in [0.2, 0.25) is 0 Å². The highest BCUT2D eigenvalue weighted by atomic mass is 19.3. The van der Waals surface area contributed by atoms with Crippen LogP contribution in [0.3, 0.4) is 0 Å².